The lowest BCUT2D eigenvalue weighted by Crippen LogP contribution is -2.10. The first-order chi connectivity index (χ1) is 17.2. The topological polar surface area (TPSA) is 227 Å². The molecule has 0 amide bonds. The molecule has 0 radical (unpaired) electrons. The number of phenolic OH excluding ortho intramolecular Hbond substituents is 1. The second kappa shape index (κ2) is 9.92. The number of ether oxygens (including phenoxy) is 1. The Morgan fingerprint density at radius 3 is 1.50 bits per heavy atom. The molecule has 0 aliphatic rings. The molecule has 0 atom stereocenters. The molecular formula is C21H20O13S4. The summed E-state index contributed by atoms with van der Waals surface area (Å²) in [6, 6.07) is 7.41. The number of sulfone groups is 1. The summed E-state index contributed by atoms with van der Waals surface area (Å²) in [5, 5.41) is 9.52. The van der Waals surface area contributed by atoms with Gasteiger partial charge in [0.05, 0.1) is 14.7 Å². The molecule has 0 fully saturated rings. The van der Waals surface area contributed by atoms with Crippen molar-refractivity contribution < 1.29 is 57.2 Å². The van der Waals surface area contributed by atoms with Gasteiger partial charge in [0.15, 0.2) is 0 Å². The third-order valence-electron chi connectivity index (χ3n) is 5.12. The first-order valence-electron chi connectivity index (χ1n) is 10.2. The Bertz CT molecular complexity index is 1860. The van der Waals surface area contributed by atoms with E-state index in [9.17, 15) is 52.4 Å². The van der Waals surface area contributed by atoms with Crippen LogP contribution in [0.5, 0.6) is 17.2 Å². The molecule has 38 heavy (non-hydrogen) atoms. The van der Waals surface area contributed by atoms with Gasteiger partial charge in [-0.15, -0.1) is 0 Å². The lowest BCUT2D eigenvalue weighted by atomic mass is 10.0. The van der Waals surface area contributed by atoms with E-state index in [1.165, 1.54) is 6.07 Å². The number of benzene rings is 3. The zero-order valence-corrected chi connectivity index (χ0v) is 22.6. The largest absolute Gasteiger partial charge is 0.508 e. The molecule has 0 aliphatic heterocycles. The Morgan fingerprint density at radius 2 is 1.03 bits per heavy atom. The monoisotopic (exact) mass is 608 g/mol. The van der Waals surface area contributed by atoms with Crippen LogP contribution in [0.2, 0.25) is 0 Å². The minimum atomic E-state index is -5.21. The van der Waals surface area contributed by atoms with Gasteiger partial charge in [0.2, 0.25) is 9.84 Å². The van der Waals surface area contributed by atoms with Gasteiger partial charge in [-0.25, -0.2) is 8.42 Å². The Labute approximate surface area is 218 Å². The van der Waals surface area contributed by atoms with Gasteiger partial charge in [-0.05, 0) is 53.9 Å². The van der Waals surface area contributed by atoms with E-state index in [-0.39, 0.29) is 5.56 Å². The van der Waals surface area contributed by atoms with E-state index in [2.05, 4.69) is 0 Å². The zero-order valence-electron chi connectivity index (χ0n) is 19.4. The maximum absolute atomic E-state index is 13.2. The quantitative estimate of drug-likeness (QED) is 0.270. The molecule has 0 saturated carbocycles. The first-order valence-corrected chi connectivity index (χ1v) is 16.0. The van der Waals surface area contributed by atoms with Crippen LogP contribution < -0.4 is 4.74 Å². The van der Waals surface area contributed by atoms with Gasteiger partial charge in [-0.2, -0.15) is 25.3 Å². The summed E-state index contributed by atoms with van der Waals surface area (Å²) in [4.78, 5) is -4.12. The fraction of sp³-hybridized carbons (Fsp3) is 0.143. The van der Waals surface area contributed by atoms with Gasteiger partial charge in [0.25, 0.3) is 30.4 Å². The van der Waals surface area contributed by atoms with E-state index in [1.54, 1.807) is 13.8 Å². The zero-order chi connectivity index (χ0) is 28.8. The summed E-state index contributed by atoms with van der Waals surface area (Å²) in [6.07, 6.45) is 0. The fourth-order valence-corrected chi connectivity index (χ4v) is 6.97. The van der Waals surface area contributed by atoms with Crippen LogP contribution in [-0.4, -0.2) is 52.4 Å². The Morgan fingerprint density at radius 1 is 0.605 bits per heavy atom. The normalized spacial score (nSPS) is 13.0. The summed E-state index contributed by atoms with van der Waals surface area (Å²) in [7, 11) is -19.7. The first kappa shape index (κ1) is 29.5. The Balaban J connectivity index is 2.20. The van der Waals surface area contributed by atoms with Gasteiger partial charge in [0, 0.05) is 6.07 Å². The lowest BCUT2D eigenvalue weighted by molar-refractivity contribution is 0.426. The van der Waals surface area contributed by atoms with Gasteiger partial charge in [-0.1, -0.05) is 19.9 Å². The van der Waals surface area contributed by atoms with Gasteiger partial charge >= 0.3 is 0 Å². The molecule has 206 valence electrons. The average Bonchev–Trinajstić information content (AvgIpc) is 2.78. The van der Waals surface area contributed by atoms with Crippen LogP contribution in [0, 0.1) is 0 Å². The average molecular weight is 609 g/mol. The molecule has 3 aromatic rings. The Kier molecular flexibility index (Phi) is 7.70. The molecule has 0 saturated heterocycles. The summed E-state index contributed by atoms with van der Waals surface area (Å²) in [5.74, 6) is -2.43. The van der Waals surface area contributed by atoms with Crippen molar-refractivity contribution in [2.75, 3.05) is 0 Å². The van der Waals surface area contributed by atoms with Crippen LogP contribution in [0.15, 0.2) is 79.1 Å². The van der Waals surface area contributed by atoms with Crippen molar-refractivity contribution in [1.29, 1.82) is 0 Å². The molecule has 13 nitrogen and oxygen atoms in total. The molecule has 4 N–H and O–H groups in total. The van der Waals surface area contributed by atoms with Gasteiger partial charge < -0.3 is 9.84 Å². The SMILES string of the molecule is CC(C)c1ccc(S(=O)(=O)c2ccc(Oc3ccc(O)cc3S(=O)(=O)O)c(S(=O)(=O)O)c2)cc1S(=O)(=O)O. The highest BCUT2D eigenvalue weighted by molar-refractivity contribution is 7.91. The molecule has 17 heteroatoms. The number of hydrogen-bond acceptors (Lipinski definition) is 10. The van der Waals surface area contributed by atoms with Crippen molar-refractivity contribution in [3.05, 3.63) is 60.2 Å². The van der Waals surface area contributed by atoms with Crippen molar-refractivity contribution in [2.45, 2.75) is 44.2 Å². The summed E-state index contributed by atoms with van der Waals surface area (Å²) < 4.78 is 131. The number of aromatic hydroxyl groups is 1. The third kappa shape index (κ3) is 6.15. The maximum atomic E-state index is 13.2. The molecule has 0 unspecified atom stereocenters. The number of hydrogen-bond donors (Lipinski definition) is 4. The number of rotatable bonds is 8. The van der Waals surface area contributed by atoms with E-state index in [1.807, 2.05) is 0 Å². The summed E-state index contributed by atoms with van der Waals surface area (Å²) in [5.41, 5.74) is 0.123. The highest BCUT2D eigenvalue weighted by Crippen LogP contribution is 2.37. The van der Waals surface area contributed by atoms with Crippen molar-refractivity contribution >= 4 is 40.2 Å². The van der Waals surface area contributed by atoms with Crippen LogP contribution in [0.1, 0.15) is 25.3 Å². The third-order valence-corrected chi connectivity index (χ3v) is 9.53. The molecule has 0 aromatic heterocycles. The van der Waals surface area contributed by atoms with Crippen molar-refractivity contribution in [1.82, 2.24) is 0 Å². The predicted octanol–water partition coefficient (Wildman–Crippen LogP) is 2.88. The maximum Gasteiger partial charge on any atom is 0.298 e. The van der Waals surface area contributed by atoms with E-state index in [0.29, 0.717) is 18.2 Å². The molecule has 0 aliphatic carbocycles. The van der Waals surface area contributed by atoms with Crippen molar-refractivity contribution in [3.63, 3.8) is 0 Å². The van der Waals surface area contributed by atoms with Gasteiger partial charge in [-0.3, -0.25) is 13.7 Å². The van der Waals surface area contributed by atoms with Crippen LogP contribution in [-0.2, 0) is 40.2 Å². The summed E-state index contributed by atoms with van der Waals surface area (Å²) >= 11 is 0. The molecular weight excluding hydrogens is 588 g/mol. The van der Waals surface area contributed by atoms with Crippen molar-refractivity contribution in [3.8, 4) is 17.2 Å². The van der Waals surface area contributed by atoms with Crippen LogP contribution in [0.25, 0.3) is 0 Å². The lowest BCUT2D eigenvalue weighted by Gasteiger charge is -2.15. The molecule has 0 heterocycles. The standard InChI is InChI=1S/C21H20O13S4/c1-12(2)16-6-4-14(10-19(16)36(25,26)27)35(23,24)15-5-8-18(21(11-15)38(31,32)33)34-17-7-3-13(22)9-20(17)37(28,29)30/h3-12,22H,1-2H3,(H,25,26,27)(H,28,29,30)(H,31,32,33). The molecule has 3 aromatic carbocycles. The summed E-state index contributed by atoms with van der Waals surface area (Å²) in [6.45, 7) is 3.22. The van der Waals surface area contributed by atoms with Crippen molar-refractivity contribution in [2.24, 2.45) is 0 Å². The van der Waals surface area contributed by atoms with E-state index in [0.717, 1.165) is 30.3 Å². The van der Waals surface area contributed by atoms with Gasteiger partial charge in [0.1, 0.15) is 27.0 Å². The highest BCUT2D eigenvalue weighted by Gasteiger charge is 2.28. The second-order valence-corrected chi connectivity index (χ2v) is 14.2. The van der Waals surface area contributed by atoms with Crippen LogP contribution in [0.4, 0.5) is 0 Å². The minimum Gasteiger partial charge on any atom is -0.508 e. The van der Waals surface area contributed by atoms with E-state index in [4.69, 9.17) is 4.74 Å². The van der Waals surface area contributed by atoms with Crippen LogP contribution in [0.3, 0.4) is 0 Å². The second-order valence-electron chi connectivity index (χ2n) is 8.12. The molecule has 0 bridgehead atoms. The Hall–Kier alpha value is -3.06. The minimum absolute atomic E-state index is 0.123. The molecule has 3 rings (SSSR count). The molecule has 0 spiro atoms. The fourth-order valence-electron chi connectivity index (χ4n) is 3.36. The van der Waals surface area contributed by atoms with Crippen LogP contribution >= 0.6 is 0 Å². The van der Waals surface area contributed by atoms with E-state index < -0.39 is 87.8 Å². The predicted molar refractivity (Wildman–Crippen MR) is 130 cm³/mol. The highest BCUT2D eigenvalue weighted by atomic mass is 32.2. The smallest absolute Gasteiger partial charge is 0.298 e. The van der Waals surface area contributed by atoms with E-state index >= 15 is 0 Å². The number of phenols is 1.